The van der Waals surface area contributed by atoms with Gasteiger partial charge in [-0.15, -0.1) is 0 Å². The zero-order chi connectivity index (χ0) is 16.9. The lowest BCUT2D eigenvalue weighted by atomic mass is 9.85. The summed E-state index contributed by atoms with van der Waals surface area (Å²) in [6.07, 6.45) is 10.1. The molecule has 2 saturated heterocycles. The highest BCUT2D eigenvalue weighted by atomic mass is 16.2. The maximum absolute atomic E-state index is 12.5. The van der Waals surface area contributed by atoms with E-state index in [1.54, 1.807) is 0 Å². The minimum absolute atomic E-state index is 0.0734. The number of carbonyl (C=O) groups excluding carboxylic acids is 1. The van der Waals surface area contributed by atoms with Gasteiger partial charge in [0, 0.05) is 12.6 Å². The van der Waals surface area contributed by atoms with Crippen molar-refractivity contribution in [2.24, 2.45) is 17.8 Å². The second-order valence-corrected chi connectivity index (χ2v) is 8.82. The van der Waals surface area contributed by atoms with Crippen LogP contribution in [0.1, 0.15) is 65.2 Å². The van der Waals surface area contributed by atoms with Gasteiger partial charge < -0.3 is 15.5 Å². The average Bonchev–Trinajstić information content (AvgIpc) is 3.03. The summed E-state index contributed by atoms with van der Waals surface area (Å²) in [5.74, 6) is 2.47. The Balaban J connectivity index is 1.32. The zero-order valence-electron chi connectivity index (χ0n) is 15.7. The first kappa shape index (κ1) is 18.2. The molecule has 3 aliphatic rings. The Morgan fingerprint density at radius 1 is 1.17 bits per heavy atom. The lowest BCUT2D eigenvalue weighted by molar-refractivity contribution is -0.123. The minimum atomic E-state index is 0.0734. The van der Waals surface area contributed by atoms with E-state index in [1.807, 2.05) is 0 Å². The number of hydrogen-bond donors (Lipinski definition) is 2. The second kappa shape index (κ2) is 8.66. The Hall–Kier alpha value is -0.610. The van der Waals surface area contributed by atoms with Crippen molar-refractivity contribution in [2.45, 2.75) is 77.3 Å². The van der Waals surface area contributed by atoms with Gasteiger partial charge in [-0.25, -0.2) is 0 Å². The fourth-order valence-corrected chi connectivity index (χ4v) is 4.74. The van der Waals surface area contributed by atoms with Gasteiger partial charge in [-0.3, -0.25) is 4.79 Å². The summed E-state index contributed by atoms with van der Waals surface area (Å²) in [6.45, 7) is 9.14. The van der Waals surface area contributed by atoms with Crippen molar-refractivity contribution >= 4 is 5.91 Å². The molecule has 3 fully saturated rings. The second-order valence-electron chi connectivity index (χ2n) is 8.82. The van der Waals surface area contributed by atoms with E-state index in [0.717, 1.165) is 24.8 Å². The van der Waals surface area contributed by atoms with E-state index in [2.05, 4.69) is 29.4 Å². The van der Waals surface area contributed by atoms with Crippen LogP contribution in [0.3, 0.4) is 0 Å². The largest absolute Gasteiger partial charge is 0.354 e. The molecule has 0 aromatic rings. The molecular formula is C20H37N3O. The van der Waals surface area contributed by atoms with Crippen molar-refractivity contribution in [3.8, 4) is 0 Å². The molecule has 0 aromatic heterocycles. The van der Waals surface area contributed by atoms with Gasteiger partial charge in [0.05, 0.1) is 6.04 Å². The number of nitrogens with zero attached hydrogens (tertiary/aromatic N) is 1. The smallest absolute Gasteiger partial charge is 0.237 e. The van der Waals surface area contributed by atoms with Gasteiger partial charge in [0.1, 0.15) is 0 Å². The third-order valence-electron chi connectivity index (χ3n) is 6.47. The average molecular weight is 336 g/mol. The minimum Gasteiger partial charge on any atom is -0.354 e. The first-order valence-corrected chi connectivity index (χ1v) is 10.4. The monoisotopic (exact) mass is 335 g/mol. The molecule has 1 aliphatic carbocycles. The summed E-state index contributed by atoms with van der Waals surface area (Å²) in [6, 6.07) is 0.683. The third kappa shape index (κ3) is 4.95. The molecule has 1 amide bonds. The molecule has 3 atom stereocenters. The van der Waals surface area contributed by atoms with Gasteiger partial charge in [0.2, 0.25) is 5.91 Å². The van der Waals surface area contributed by atoms with Gasteiger partial charge in [-0.2, -0.15) is 0 Å². The lowest BCUT2D eigenvalue weighted by Gasteiger charge is -2.32. The summed E-state index contributed by atoms with van der Waals surface area (Å²) in [7, 11) is 0. The van der Waals surface area contributed by atoms with Gasteiger partial charge in [-0.05, 0) is 75.9 Å². The van der Waals surface area contributed by atoms with Crippen LogP contribution in [-0.4, -0.2) is 49.1 Å². The van der Waals surface area contributed by atoms with Crippen molar-refractivity contribution < 1.29 is 4.79 Å². The van der Waals surface area contributed by atoms with E-state index >= 15 is 0 Å². The first-order chi connectivity index (χ1) is 11.6. The van der Waals surface area contributed by atoms with Crippen molar-refractivity contribution in [1.82, 2.24) is 15.5 Å². The van der Waals surface area contributed by atoms with Crippen molar-refractivity contribution in [3.05, 3.63) is 0 Å². The van der Waals surface area contributed by atoms with Gasteiger partial charge >= 0.3 is 0 Å². The molecule has 2 N–H and O–H groups in total. The molecule has 1 saturated carbocycles. The summed E-state index contributed by atoms with van der Waals surface area (Å²) in [5, 5.41) is 6.84. The predicted molar refractivity (Wildman–Crippen MR) is 98.9 cm³/mol. The molecule has 3 rings (SSSR count). The molecule has 2 aliphatic heterocycles. The van der Waals surface area contributed by atoms with Gasteiger partial charge in [0.15, 0.2) is 0 Å². The van der Waals surface area contributed by atoms with E-state index in [-0.39, 0.29) is 11.9 Å². The van der Waals surface area contributed by atoms with Crippen LogP contribution in [0.15, 0.2) is 0 Å². The number of carbonyl (C=O) groups is 1. The normalized spacial score (nSPS) is 32.0. The van der Waals surface area contributed by atoms with Crippen LogP contribution in [0, 0.1) is 17.8 Å². The van der Waals surface area contributed by atoms with E-state index < -0.39 is 0 Å². The Morgan fingerprint density at radius 2 is 1.92 bits per heavy atom. The molecule has 4 nitrogen and oxygen atoms in total. The maximum atomic E-state index is 12.5. The Morgan fingerprint density at radius 3 is 2.62 bits per heavy atom. The first-order valence-electron chi connectivity index (χ1n) is 10.4. The number of likely N-dealkylation sites (tertiary alicyclic amines) is 1. The SMILES string of the molecule is CC(C)CCN1CCC(CNC(=O)C2CC3CCCCC3N2)CC1. The molecule has 24 heavy (non-hydrogen) atoms. The molecule has 138 valence electrons. The highest BCUT2D eigenvalue weighted by Crippen LogP contribution is 2.33. The molecule has 0 bridgehead atoms. The number of amides is 1. The predicted octanol–water partition coefficient (Wildman–Crippen LogP) is 2.78. The molecule has 2 heterocycles. The van der Waals surface area contributed by atoms with Crippen LogP contribution in [0.5, 0.6) is 0 Å². The van der Waals surface area contributed by atoms with Crippen molar-refractivity contribution in [1.29, 1.82) is 0 Å². The van der Waals surface area contributed by atoms with E-state index in [1.165, 1.54) is 64.6 Å². The Kier molecular flexibility index (Phi) is 6.56. The van der Waals surface area contributed by atoms with Crippen molar-refractivity contribution in [2.75, 3.05) is 26.2 Å². The molecule has 4 heteroatoms. The fraction of sp³-hybridized carbons (Fsp3) is 0.950. The number of rotatable bonds is 6. The highest BCUT2D eigenvalue weighted by molar-refractivity contribution is 5.82. The molecule has 0 spiro atoms. The maximum Gasteiger partial charge on any atom is 0.237 e. The summed E-state index contributed by atoms with van der Waals surface area (Å²) in [5.41, 5.74) is 0. The number of piperidine rings is 1. The van der Waals surface area contributed by atoms with Crippen LogP contribution in [0.25, 0.3) is 0 Å². The Labute approximate surface area is 148 Å². The molecule has 0 radical (unpaired) electrons. The summed E-state index contributed by atoms with van der Waals surface area (Å²) in [4.78, 5) is 15.1. The molecule has 0 aromatic carbocycles. The van der Waals surface area contributed by atoms with Crippen LogP contribution in [0.2, 0.25) is 0 Å². The van der Waals surface area contributed by atoms with Crippen LogP contribution >= 0.6 is 0 Å². The van der Waals surface area contributed by atoms with Gasteiger partial charge in [-0.1, -0.05) is 26.7 Å². The van der Waals surface area contributed by atoms with Gasteiger partial charge in [0.25, 0.3) is 0 Å². The molecule has 3 unspecified atom stereocenters. The van der Waals surface area contributed by atoms with E-state index in [0.29, 0.717) is 12.0 Å². The topological polar surface area (TPSA) is 44.4 Å². The number of hydrogen-bond acceptors (Lipinski definition) is 3. The van der Waals surface area contributed by atoms with E-state index in [4.69, 9.17) is 0 Å². The third-order valence-corrected chi connectivity index (χ3v) is 6.47. The summed E-state index contributed by atoms with van der Waals surface area (Å²) >= 11 is 0. The van der Waals surface area contributed by atoms with Crippen LogP contribution in [0.4, 0.5) is 0 Å². The van der Waals surface area contributed by atoms with Crippen LogP contribution in [-0.2, 0) is 4.79 Å². The Bertz CT molecular complexity index is 390. The summed E-state index contributed by atoms with van der Waals surface area (Å²) < 4.78 is 0. The highest BCUT2D eigenvalue weighted by Gasteiger charge is 2.38. The zero-order valence-corrected chi connectivity index (χ0v) is 15.7. The van der Waals surface area contributed by atoms with Crippen LogP contribution < -0.4 is 10.6 Å². The quantitative estimate of drug-likeness (QED) is 0.784. The lowest BCUT2D eigenvalue weighted by Crippen LogP contribution is -2.45. The van der Waals surface area contributed by atoms with Crippen molar-refractivity contribution in [3.63, 3.8) is 0 Å². The fourth-order valence-electron chi connectivity index (χ4n) is 4.74. The molecular weight excluding hydrogens is 298 g/mol. The van der Waals surface area contributed by atoms with E-state index in [9.17, 15) is 4.79 Å². The number of fused-ring (bicyclic) bond motifs is 1. The standard InChI is InChI=1S/C20H37N3O/c1-15(2)7-10-23-11-8-16(9-12-23)14-21-20(24)19-13-17-5-3-4-6-18(17)22-19/h15-19,22H,3-14H2,1-2H3,(H,21,24). The number of nitrogens with one attached hydrogen (secondary N) is 2.